The van der Waals surface area contributed by atoms with Crippen LogP contribution in [-0.2, 0) is 12.8 Å². The van der Waals surface area contributed by atoms with Crippen LogP contribution in [-0.4, -0.2) is 25.7 Å². The highest BCUT2D eigenvalue weighted by Crippen LogP contribution is 2.44. The fourth-order valence-corrected chi connectivity index (χ4v) is 4.37. The van der Waals surface area contributed by atoms with Crippen molar-refractivity contribution < 1.29 is 9.47 Å². The maximum Gasteiger partial charge on any atom is 0.161 e. The Morgan fingerprint density at radius 1 is 1.07 bits per heavy atom. The first-order valence-corrected chi connectivity index (χ1v) is 10.2. The average Bonchev–Trinajstić information content (AvgIpc) is 2.71. The van der Waals surface area contributed by atoms with Gasteiger partial charge in [-0.25, -0.2) is 0 Å². The van der Waals surface area contributed by atoms with Crippen LogP contribution < -0.4 is 9.47 Å². The molecular weight excluding hydrogens is 346 g/mol. The summed E-state index contributed by atoms with van der Waals surface area (Å²) in [5.41, 5.74) is 5.40. The van der Waals surface area contributed by atoms with Crippen LogP contribution in [0.2, 0.25) is 0 Å². The quantitative estimate of drug-likeness (QED) is 0.611. The first-order chi connectivity index (χ1) is 13.5. The lowest BCUT2D eigenvalue weighted by molar-refractivity contribution is 0.234. The van der Waals surface area contributed by atoms with Crippen LogP contribution >= 0.6 is 0 Å². The van der Waals surface area contributed by atoms with Gasteiger partial charge in [0.05, 0.1) is 20.3 Å². The molecule has 3 heteroatoms. The SMILES string of the molecule is C=CN1CCc2cc(OC)c(OC)cc2[C@H]1[C@H](C)c1ccc(CC(C)C)cc1. The number of nitrogens with zero attached hydrogens (tertiary/aromatic N) is 1. The third-order valence-corrected chi connectivity index (χ3v) is 5.82. The van der Waals surface area contributed by atoms with Gasteiger partial charge in [-0.15, -0.1) is 0 Å². The second kappa shape index (κ2) is 8.72. The van der Waals surface area contributed by atoms with Crippen LogP contribution in [0.15, 0.2) is 49.2 Å². The van der Waals surface area contributed by atoms with Crippen LogP contribution in [0.25, 0.3) is 0 Å². The summed E-state index contributed by atoms with van der Waals surface area (Å²) in [5.74, 6) is 2.60. The van der Waals surface area contributed by atoms with E-state index in [0.29, 0.717) is 11.8 Å². The van der Waals surface area contributed by atoms with E-state index in [1.54, 1.807) is 14.2 Å². The first-order valence-electron chi connectivity index (χ1n) is 10.2. The van der Waals surface area contributed by atoms with Gasteiger partial charge in [0.25, 0.3) is 0 Å². The summed E-state index contributed by atoms with van der Waals surface area (Å²) in [6.07, 6.45) is 4.09. The van der Waals surface area contributed by atoms with Gasteiger partial charge in [-0.3, -0.25) is 0 Å². The van der Waals surface area contributed by atoms with Crippen molar-refractivity contribution in [3.05, 3.63) is 71.4 Å². The molecular formula is C25H33NO2. The molecule has 150 valence electrons. The predicted molar refractivity (Wildman–Crippen MR) is 116 cm³/mol. The fourth-order valence-electron chi connectivity index (χ4n) is 4.37. The van der Waals surface area contributed by atoms with E-state index in [1.807, 2.05) is 6.20 Å². The Hall–Kier alpha value is -2.42. The molecule has 0 saturated heterocycles. The molecule has 3 nitrogen and oxygen atoms in total. The number of rotatable bonds is 7. The Bertz CT molecular complexity index is 810. The Labute approximate surface area is 170 Å². The molecule has 0 N–H and O–H groups in total. The van der Waals surface area contributed by atoms with Gasteiger partial charge in [-0.1, -0.05) is 51.6 Å². The second-order valence-electron chi connectivity index (χ2n) is 8.15. The lowest BCUT2D eigenvalue weighted by Gasteiger charge is -2.40. The highest BCUT2D eigenvalue weighted by Gasteiger charge is 2.32. The molecule has 0 fully saturated rings. The number of hydrogen-bond donors (Lipinski definition) is 0. The van der Waals surface area contributed by atoms with Crippen molar-refractivity contribution in [3.8, 4) is 11.5 Å². The van der Waals surface area contributed by atoms with Crippen LogP contribution in [0.4, 0.5) is 0 Å². The summed E-state index contributed by atoms with van der Waals surface area (Å²) in [4.78, 5) is 2.36. The molecule has 0 bridgehead atoms. The van der Waals surface area contributed by atoms with E-state index in [0.717, 1.165) is 30.9 Å². The van der Waals surface area contributed by atoms with E-state index in [-0.39, 0.29) is 6.04 Å². The first kappa shape index (κ1) is 20.3. The minimum Gasteiger partial charge on any atom is -0.493 e. The number of methoxy groups -OCH3 is 2. The number of fused-ring (bicyclic) bond motifs is 1. The van der Waals surface area contributed by atoms with E-state index < -0.39 is 0 Å². The third kappa shape index (κ3) is 4.04. The van der Waals surface area contributed by atoms with Crippen molar-refractivity contribution >= 4 is 0 Å². The minimum absolute atomic E-state index is 0.233. The summed E-state index contributed by atoms with van der Waals surface area (Å²) < 4.78 is 11.1. The summed E-state index contributed by atoms with van der Waals surface area (Å²) in [5, 5.41) is 0. The molecule has 1 aliphatic heterocycles. The molecule has 0 spiro atoms. The lowest BCUT2D eigenvalue weighted by Crippen LogP contribution is -2.34. The van der Waals surface area contributed by atoms with Gasteiger partial charge >= 0.3 is 0 Å². The molecule has 2 aromatic carbocycles. The minimum atomic E-state index is 0.233. The van der Waals surface area contributed by atoms with Crippen LogP contribution in [0.3, 0.4) is 0 Å². The smallest absolute Gasteiger partial charge is 0.161 e. The summed E-state index contributed by atoms with van der Waals surface area (Å²) in [6.45, 7) is 11.9. The van der Waals surface area contributed by atoms with E-state index in [2.05, 4.69) is 68.6 Å². The molecule has 2 atom stereocenters. The summed E-state index contributed by atoms with van der Waals surface area (Å²) in [7, 11) is 3.40. The van der Waals surface area contributed by atoms with Crippen molar-refractivity contribution in [1.82, 2.24) is 4.90 Å². The zero-order chi connectivity index (χ0) is 20.3. The van der Waals surface area contributed by atoms with E-state index in [9.17, 15) is 0 Å². The van der Waals surface area contributed by atoms with Gasteiger partial charge in [0.1, 0.15) is 0 Å². The summed E-state index contributed by atoms with van der Waals surface area (Å²) in [6, 6.07) is 13.7. The topological polar surface area (TPSA) is 21.7 Å². The molecule has 0 aromatic heterocycles. The highest BCUT2D eigenvalue weighted by molar-refractivity contribution is 5.50. The fraction of sp³-hybridized carbons (Fsp3) is 0.440. The molecule has 0 amide bonds. The van der Waals surface area contributed by atoms with Crippen LogP contribution in [0.1, 0.15) is 55.0 Å². The molecule has 2 aromatic rings. The largest absolute Gasteiger partial charge is 0.493 e. The molecule has 1 aliphatic rings. The normalized spacial score (nSPS) is 17.2. The van der Waals surface area contributed by atoms with Crippen molar-refractivity contribution in [3.63, 3.8) is 0 Å². The maximum absolute atomic E-state index is 5.59. The predicted octanol–water partition coefficient (Wildman–Crippen LogP) is 5.75. The summed E-state index contributed by atoms with van der Waals surface area (Å²) >= 11 is 0. The second-order valence-corrected chi connectivity index (χ2v) is 8.15. The molecule has 28 heavy (non-hydrogen) atoms. The third-order valence-electron chi connectivity index (χ3n) is 5.82. The molecule has 3 rings (SSSR count). The average molecular weight is 380 g/mol. The van der Waals surface area contributed by atoms with Gasteiger partial charge in [-0.05, 0) is 59.3 Å². The van der Waals surface area contributed by atoms with Crippen molar-refractivity contribution in [2.75, 3.05) is 20.8 Å². The zero-order valence-electron chi connectivity index (χ0n) is 17.9. The zero-order valence-corrected chi connectivity index (χ0v) is 17.9. The Balaban J connectivity index is 1.98. The number of hydrogen-bond acceptors (Lipinski definition) is 3. The molecule has 0 saturated carbocycles. The monoisotopic (exact) mass is 379 g/mol. The van der Waals surface area contributed by atoms with Crippen LogP contribution in [0.5, 0.6) is 11.5 Å². The lowest BCUT2D eigenvalue weighted by atomic mass is 9.81. The molecule has 0 radical (unpaired) electrons. The van der Waals surface area contributed by atoms with Crippen molar-refractivity contribution in [2.45, 2.75) is 45.6 Å². The van der Waals surface area contributed by atoms with E-state index in [1.165, 1.54) is 22.3 Å². The van der Waals surface area contributed by atoms with Gasteiger partial charge in [0, 0.05) is 12.5 Å². The number of ether oxygens (including phenoxy) is 2. The van der Waals surface area contributed by atoms with Crippen molar-refractivity contribution in [2.24, 2.45) is 5.92 Å². The number of benzene rings is 2. The standard InChI is InChI=1S/C25H33NO2/c1-7-26-13-12-21-15-23(27-5)24(28-6)16-22(21)25(26)18(4)20-10-8-19(9-11-20)14-17(2)3/h7-11,15-18,25H,1,12-14H2,2-6H3/t18-,25-/m1/s1. The van der Waals surface area contributed by atoms with E-state index in [4.69, 9.17) is 9.47 Å². The highest BCUT2D eigenvalue weighted by atomic mass is 16.5. The Kier molecular flexibility index (Phi) is 6.33. The Morgan fingerprint density at radius 3 is 2.29 bits per heavy atom. The van der Waals surface area contributed by atoms with Crippen LogP contribution in [0, 0.1) is 5.92 Å². The van der Waals surface area contributed by atoms with Crippen molar-refractivity contribution in [1.29, 1.82) is 0 Å². The van der Waals surface area contributed by atoms with Gasteiger partial charge < -0.3 is 14.4 Å². The molecule has 0 aliphatic carbocycles. The van der Waals surface area contributed by atoms with Gasteiger partial charge in [0.15, 0.2) is 11.5 Å². The van der Waals surface area contributed by atoms with E-state index >= 15 is 0 Å². The molecule has 0 unspecified atom stereocenters. The van der Waals surface area contributed by atoms with Gasteiger partial charge in [0.2, 0.25) is 0 Å². The molecule has 1 heterocycles. The maximum atomic E-state index is 5.59. The van der Waals surface area contributed by atoms with Gasteiger partial charge in [-0.2, -0.15) is 0 Å². The Morgan fingerprint density at radius 2 is 1.71 bits per heavy atom.